The summed E-state index contributed by atoms with van der Waals surface area (Å²) in [6, 6.07) is 2.07. The molecule has 0 aromatic carbocycles. The van der Waals surface area contributed by atoms with Crippen LogP contribution in [0, 0.1) is 6.92 Å². The molecular formula is C15H21N3OS2. The van der Waals surface area contributed by atoms with Gasteiger partial charge in [0.1, 0.15) is 5.01 Å². The molecule has 0 aliphatic carbocycles. The molecule has 2 aromatic heterocycles. The number of hydrogen-bond acceptors (Lipinski definition) is 5. The lowest BCUT2D eigenvalue weighted by atomic mass is 10.00. The Hall–Kier alpha value is -1.24. The molecule has 1 amide bonds. The number of rotatable bonds is 7. The van der Waals surface area contributed by atoms with Gasteiger partial charge in [0.25, 0.3) is 0 Å². The van der Waals surface area contributed by atoms with Crippen molar-refractivity contribution < 1.29 is 4.79 Å². The van der Waals surface area contributed by atoms with Crippen LogP contribution in [0.3, 0.4) is 0 Å². The first-order valence-corrected chi connectivity index (χ1v) is 8.76. The Balaban J connectivity index is 1.84. The van der Waals surface area contributed by atoms with Gasteiger partial charge in [-0.1, -0.05) is 6.92 Å². The molecule has 0 radical (unpaired) electrons. The van der Waals surface area contributed by atoms with E-state index in [2.05, 4.69) is 42.5 Å². The monoisotopic (exact) mass is 323 g/mol. The third-order valence-corrected chi connectivity index (χ3v) is 5.72. The van der Waals surface area contributed by atoms with E-state index in [1.54, 1.807) is 28.9 Å². The molecule has 0 saturated carbocycles. The fourth-order valence-corrected chi connectivity index (χ4v) is 3.64. The Bertz CT molecular complexity index is 580. The van der Waals surface area contributed by atoms with Crippen LogP contribution in [0.2, 0.25) is 0 Å². The van der Waals surface area contributed by atoms with Gasteiger partial charge in [-0.25, -0.2) is 4.98 Å². The predicted octanol–water partition coefficient (Wildman–Crippen LogP) is 3.04. The minimum absolute atomic E-state index is 0.0130. The van der Waals surface area contributed by atoms with E-state index in [0.29, 0.717) is 13.1 Å². The summed E-state index contributed by atoms with van der Waals surface area (Å²) in [5.74, 6) is 0.0130. The van der Waals surface area contributed by atoms with Crippen molar-refractivity contribution in [1.29, 1.82) is 0 Å². The summed E-state index contributed by atoms with van der Waals surface area (Å²) in [5, 5.41) is 11.3. The number of thiophene rings is 1. The number of nitrogens with one attached hydrogen (secondary N) is 2. The molecule has 2 heterocycles. The molecular weight excluding hydrogens is 302 g/mol. The van der Waals surface area contributed by atoms with Crippen molar-refractivity contribution in [3.05, 3.63) is 38.5 Å². The second kappa shape index (κ2) is 7.15. The second-order valence-electron chi connectivity index (χ2n) is 5.18. The highest BCUT2D eigenvalue weighted by molar-refractivity contribution is 7.10. The first-order chi connectivity index (χ1) is 10.0. The number of amides is 1. The topological polar surface area (TPSA) is 54.0 Å². The Morgan fingerprint density at radius 2 is 2.19 bits per heavy atom. The highest BCUT2D eigenvalue weighted by Crippen LogP contribution is 2.25. The summed E-state index contributed by atoms with van der Waals surface area (Å²) in [4.78, 5) is 17.6. The van der Waals surface area contributed by atoms with Crippen LogP contribution in [0.5, 0.6) is 0 Å². The smallest absolute Gasteiger partial charge is 0.234 e. The third kappa shape index (κ3) is 4.12. The molecule has 0 aliphatic heterocycles. The average molecular weight is 323 g/mol. The Labute approximate surface area is 133 Å². The van der Waals surface area contributed by atoms with E-state index < -0.39 is 0 Å². The highest BCUT2D eigenvalue weighted by Gasteiger charge is 2.27. The lowest BCUT2D eigenvalue weighted by Gasteiger charge is -2.27. The van der Waals surface area contributed by atoms with Gasteiger partial charge < -0.3 is 5.32 Å². The summed E-state index contributed by atoms with van der Waals surface area (Å²) in [7, 11) is 0. The lowest BCUT2D eigenvalue weighted by Crippen LogP contribution is -2.44. The Kier molecular flexibility index (Phi) is 5.50. The number of carbonyl (C=O) groups excluding carboxylic acids is 1. The molecule has 114 valence electrons. The molecule has 0 saturated heterocycles. The van der Waals surface area contributed by atoms with Crippen molar-refractivity contribution in [2.24, 2.45) is 0 Å². The number of aryl methyl sites for hydroxylation is 1. The fraction of sp³-hybridized carbons (Fsp3) is 0.467. The van der Waals surface area contributed by atoms with Gasteiger partial charge >= 0.3 is 0 Å². The lowest BCUT2D eigenvalue weighted by molar-refractivity contribution is -0.120. The van der Waals surface area contributed by atoms with E-state index in [1.807, 2.05) is 10.8 Å². The molecule has 4 nitrogen and oxygen atoms in total. The fourth-order valence-electron chi connectivity index (χ4n) is 1.95. The molecule has 2 rings (SSSR count). The zero-order valence-electron chi connectivity index (χ0n) is 12.6. The standard InChI is InChI=1S/C15H21N3OS2/c1-4-15(3,14-16-6-8-21-14)18-10-13(19)17-9-12-11(2)5-7-20-12/h5-8,18H,4,9-10H2,1-3H3,(H,17,19). The molecule has 2 N–H and O–H groups in total. The van der Waals surface area contributed by atoms with Crippen molar-refractivity contribution in [3.8, 4) is 0 Å². The van der Waals surface area contributed by atoms with Gasteiger partial charge in [-0.15, -0.1) is 22.7 Å². The van der Waals surface area contributed by atoms with Crippen LogP contribution in [0.25, 0.3) is 0 Å². The van der Waals surface area contributed by atoms with E-state index in [9.17, 15) is 4.79 Å². The first-order valence-electron chi connectivity index (χ1n) is 7.00. The number of thiazole rings is 1. The summed E-state index contributed by atoms with van der Waals surface area (Å²) in [6.45, 7) is 7.15. The largest absolute Gasteiger partial charge is 0.350 e. The van der Waals surface area contributed by atoms with Crippen LogP contribution in [0.4, 0.5) is 0 Å². The van der Waals surface area contributed by atoms with Crippen molar-refractivity contribution in [2.75, 3.05) is 6.54 Å². The molecule has 6 heteroatoms. The SMILES string of the molecule is CCC(C)(NCC(=O)NCc1sccc1C)c1nccs1. The van der Waals surface area contributed by atoms with Gasteiger partial charge in [0, 0.05) is 16.5 Å². The summed E-state index contributed by atoms with van der Waals surface area (Å²) >= 11 is 3.29. The van der Waals surface area contributed by atoms with Crippen molar-refractivity contribution in [3.63, 3.8) is 0 Å². The zero-order chi connectivity index (χ0) is 15.3. The summed E-state index contributed by atoms with van der Waals surface area (Å²) in [5.41, 5.74) is 0.985. The summed E-state index contributed by atoms with van der Waals surface area (Å²) in [6.07, 6.45) is 2.69. The second-order valence-corrected chi connectivity index (χ2v) is 7.08. The van der Waals surface area contributed by atoms with Gasteiger partial charge in [-0.3, -0.25) is 10.1 Å². The molecule has 2 aromatic rings. The Morgan fingerprint density at radius 3 is 2.76 bits per heavy atom. The normalized spacial score (nSPS) is 13.9. The molecule has 0 bridgehead atoms. The van der Waals surface area contributed by atoms with E-state index in [-0.39, 0.29) is 11.4 Å². The van der Waals surface area contributed by atoms with Crippen molar-refractivity contribution >= 4 is 28.6 Å². The maximum atomic E-state index is 12.0. The molecule has 0 aliphatic rings. The van der Waals surface area contributed by atoms with Gasteiger partial charge in [0.15, 0.2) is 0 Å². The van der Waals surface area contributed by atoms with Crippen molar-refractivity contribution in [2.45, 2.75) is 39.3 Å². The van der Waals surface area contributed by atoms with Gasteiger partial charge in [-0.05, 0) is 37.3 Å². The minimum atomic E-state index is -0.246. The molecule has 21 heavy (non-hydrogen) atoms. The van der Waals surface area contributed by atoms with E-state index in [1.165, 1.54) is 10.4 Å². The molecule has 1 unspecified atom stereocenters. The van der Waals surface area contributed by atoms with Crippen LogP contribution in [0.1, 0.15) is 35.7 Å². The molecule has 0 fully saturated rings. The molecule has 1 atom stereocenters. The summed E-state index contributed by atoms with van der Waals surface area (Å²) < 4.78 is 0. The van der Waals surface area contributed by atoms with Crippen LogP contribution in [-0.2, 0) is 16.9 Å². The van der Waals surface area contributed by atoms with E-state index in [4.69, 9.17) is 0 Å². The molecule has 0 spiro atoms. The van der Waals surface area contributed by atoms with Gasteiger partial charge in [0.05, 0.1) is 18.6 Å². The van der Waals surface area contributed by atoms with E-state index in [0.717, 1.165) is 11.4 Å². The quantitative estimate of drug-likeness (QED) is 0.823. The number of hydrogen-bond donors (Lipinski definition) is 2. The van der Waals surface area contributed by atoms with E-state index >= 15 is 0 Å². The predicted molar refractivity (Wildman–Crippen MR) is 88.7 cm³/mol. The van der Waals surface area contributed by atoms with Crippen LogP contribution >= 0.6 is 22.7 Å². The maximum Gasteiger partial charge on any atom is 0.234 e. The average Bonchev–Trinajstić information content (AvgIpc) is 3.14. The number of nitrogens with zero attached hydrogens (tertiary/aromatic N) is 1. The third-order valence-electron chi connectivity index (χ3n) is 3.66. The van der Waals surface area contributed by atoms with Gasteiger partial charge in [-0.2, -0.15) is 0 Å². The highest BCUT2D eigenvalue weighted by atomic mass is 32.1. The minimum Gasteiger partial charge on any atom is -0.350 e. The van der Waals surface area contributed by atoms with Crippen LogP contribution < -0.4 is 10.6 Å². The van der Waals surface area contributed by atoms with Crippen LogP contribution in [-0.4, -0.2) is 17.4 Å². The Morgan fingerprint density at radius 1 is 1.38 bits per heavy atom. The zero-order valence-corrected chi connectivity index (χ0v) is 14.2. The van der Waals surface area contributed by atoms with Crippen molar-refractivity contribution in [1.82, 2.24) is 15.6 Å². The number of aromatic nitrogens is 1. The number of carbonyl (C=O) groups is 1. The maximum absolute atomic E-state index is 12.0. The van der Waals surface area contributed by atoms with Crippen LogP contribution in [0.15, 0.2) is 23.0 Å². The van der Waals surface area contributed by atoms with Gasteiger partial charge in [0.2, 0.25) is 5.91 Å². The first kappa shape index (κ1) is 16.1.